The Morgan fingerprint density at radius 1 is 1.00 bits per heavy atom. The first-order valence-electron chi connectivity index (χ1n) is 11.4. The molecule has 1 unspecified atom stereocenters. The number of hydrogen-bond acceptors (Lipinski definition) is 4. The van der Waals surface area contributed by atoms with Crippen LogP contribution in [0.25, 0.3) is 0 Å². The van der Waals surface area contributed by atoms with Gasteiger partial charge in [-0.2, -0.15) is 0 Å². The predicted molar refractivity (Wildman–Crippen MR) is 127 cm³/mol. The summed E-state index contributed by atoms with van der Waals surface area (Å²) in [6.45, 7) is 2.04. The molecule has 0 amide bonds. The zero-order valence-corrected chi connectivity index (χ0v) is 18.3. The van der Waals surface area contributed by atoms with Crippen LogP contribution in [0.4, 0.5) is 11.4 Å². The molecule has 32 heavy (non-hydrogen) atoms. The fourth-order valence-corrected chi connectivity index (χ4v) is 4.89. The van der Waals surface area contributed by atoms with E-state index in [4.69, 9.17) is 4.74 Å². The van der Waals surface area contributed by atoms with Crippen molar-refractivity contribution in [2.45, 2.75) is 51.2 Å². The molecule has 5 rings (SSSR count). The van der Waals surface area contributed by atoms with Gasteiger partial charge in [0, 0.05) is 6.04 Å². The van der Waals surface area contributed by atoms with Crippen molar-refractivity contribution in [2.24, 2.45) is 0 Å². The van der Waals surface area contributed by atoms with Crippen molar-refractivity contribution >= 4 is 17.3 Å². The molecule has 1 atom stereocenters. The highest BCUT2D eigenvalue weighted by molar-refractivity contribution is 5.92. The molecule has 5 heteroatoms. The fourth-order valence-electron chi connectivity index (χ4n) is 4.89. The summed E-state index contributed by atoms with van der Waals surface area (Å²) in [5.74, 6) is 0.757. The Morgan fingerprint density at radius 3 is 2.47 bits per heavy atom. The lowest BCUT2D eigenvalue weighted by atomic mass is 9.93. The van der Waals surface area contributed by atoms with Crippen molar-refractivity contribution in [3.8, 4) is 11.5 Å². The Labute approximate surface area is 188 Å². The van der Waals surface area contributed by atoms with Crippen LogP contribution in [0.15, 0.2) is 66.7 Å². The molecule has 164 valence electrons. The third-order valence-electron chi connectivity index (χ3n) is 6.58. The second-order valence-corrected chi connectivity index (χ2v) is 8.72. The maximum atomic E-state index is 11.5. The highest BCUT2D eigenvalue weighted by Crippen LogP contribution is 2.45. The van der Waals surface area contributed by atoms with Crippen LogP contribution < -0.4 is 15.0 Å². The zero-order chi connectivity index (χ0) is 22.1. The molecule has 1 saturated carbocycles. The SMILES string of the molecule is Cc1ccccc1Oc1ccc(C2Nc3cc(C(=O)O)ccc3N2C2CCCCC2)cc1. The first-order chi connectivity index (χ1) is 15.6. The van der Waals surface area contributed by atoms with Crippen LogP contribution in [-0.2, 0) is 0 Å². The Kier molecular flexibility index (Phi) is 5.48. The van der Waals surface area contributed by atoms with Gasteiger partial charge in [-0.05, 0) is 67.3 Å². The minimum atomic E-state index is -0.903. The molecule has 2 aliphatic rings. The van der Waals surface area contributed by atoms with Crippen LogP contribution in [0.2, 0.25) is 0 Å². The first kappa shape index (κ1) is 20.4. The molecule has 1 heterocycles. The fraction of sp³-hybridized carbons (Fsp3) is 0.296. The number of para-hydroxylation sites is 1. The average Bonchev–Trinajstić information content (AvgIpc) is 3.20. The standard InChI is InChI=1S/C27H28N2O3/c1-18-7-5-6-10-25(18)32-22-14-11-19(12-15-22)26-28-23-17-20(27(30)31)13-16-24(23)29(26)21-8-3-2-4-9-21/h5-7,10-17,21,26,28H,2-4,8-9H2,1H3,(H,30,31). The zero-order valence-electron chi connectivity index (χ0n) is 18.3. The predicted octanol–water partition coefficient (Wildman–Crippen LogP) is 6.75. The molecule has 0 aromatic heterocycles. The van der Waals surface area contributed by atoms with E-state index in [9.17, 15) is 9.90 Å². The van der Waals surface area contributed by atoms with E-state index in [1.165, 1.54) is 19.3 Å². The van der Waals surface area contributed by atoms with E-state index >= 15 is 0 Å². The number of nitrogens with zero attached hydrogens (tertiary/aromatic N) is 1. The number of fused-ring (bicyclic) bond motifs is 1. The molecule has 3 aromatic rings. The maximum Gasteiger partial charge on any atom is 0.335 e. The van der Waals surface area contributed by atoms with Crippen LogP contribution in [-0.4, -0.2) is 17.1 Å². The van der Waals surface area contributed by atoms with Crippen molar-refractivity contribution in [2.75, 3.05) is 10.2 Å². The quantitative estimate of drug-likeness (QED) is 0.471. The van der Waals surface area contributed by atoms with Crippen LogP contribution in [0.5, 0.6) is 11.5 Å². The second kappa shape index (κ2) is 8.58. The minimum absolute atomic E-state index is 0.0235. The van der Waals surface area contributed by atoms with Gasteiger partial charge >= 0.3 is 5.97 Å². The lowest BCUT2D eigenvalue weighted by Crippen LogP contribution is -2.39. The number of hydrogen-bond donors (Lipinski definition) is 2. The third-order valence-corrected chi connectivity index (χ3v) is 6.58. The van der Waals surface area contributed by atoms with Crippen molar-refractivity contribution in [3.05, 3.63) is 83.4 Å². The summed E-state index contributed by atoms with van der Waals surface area (Å²) in [4.78, 5) is 13.9. The van der Waals surface area contributed by atoms with Gasteiger partial charge in [-0.15, -0.1) is 0 Å². The number of aromatic carboxylic acids is 1. The topological polar surface area (TPSA) is 61.8 Å². The third kappa shape index (κ3) is 3.91. The van der Waals surface area contributed by atoms with Gasteiger partial charge in [0.1, 0.15) is 17.7 Å². The van der Waals surface area contributed by atoms with Gasteiger partial charge in [0.2, 0.25) is 0 Å². The normalized spacial score (nSPS) is 18.2. The summed E-state index contributed by atoms with van der Waals surface area (Å²) >= 11 is 0. The summed E-state index contributed by atoms with van der Waals surface area (Å²) < 4.78 is 6.07. The van der Waals surface area contributed by atoms with Gasteiger partial charge in [0.15, 0.2) is 0 Å². The molecule has 1 fully saturated rings. The molecular weight excluding hydrogens is 400 g/mol. The van der Waals surface area contributed by atoms with E-state index in [0.717, 1.165) is 46.8 Å². The number of rotatable bonds is 5. The molecular formula is C27H28N2O3. The van der Waals surface area contributed by atoms with Crippen LogP contribution in [0, 0.1) is 6.92 Å². The van der Waals surface area contributed by atoms with Gasteiger partial charge in [0.25, 0.3) is 0 Å². The Balaban J connectivity index is 1.44. The maximum absolute atomic E-state index is 11.5. The molecule has 0 saturated heterocycles. The van der Waals surface area contributed by atoms with Crippen molar-refractivity contribution in [1.82, 2.24) is 0 Å². The number of benzene rings is 3. The van der Waals surface area contributed by atoms with Gasteiger partial charge < -0.3 is 20.1 Å². The van der Waals surface area contributed by atoms with E-state index in [1.807, 2.05) is 49.4 Å². The number of carboxylic acid groups (broad SMARTS) is 1. The van der Waals surface area contributed by atoms with E-state index in [2.05, 4.69) is 22.3 Å². The molecule has 1 aliphatic heterocycles. The number of ether oxygens (including phenoxy) is 1. The number of carbonyl (C=O) groups is 1. The number of anilines is 2. The lowest BCUT2D eigenvalue weighted by molar-refractivity contribution is 0.0697. The number of nitrogens with one attached hydrogen (secondary N) is 1. The monoisotopic (exact) mass is 428 g/mol. The van der Waals surface area contributed by atoms with Gasteiger partial charge in [0.05, 0.1) is 16.9 Å². The van der Waals surface area contributed by atoms with Crippen LogP contribution >= 0.6 is 0 Å². The summed E-state index contributed by atoms with van der Waals surface area (Å²) in [6, 6.07) is 22.1. The van der Waals surface area contributed by atoms with E-state index in [-0.39, 0.29) is 6.17 Å². The highest BCUT2D eigenvalue weighted by atomic mass is 16.5. The Morgan fingerprint density at radius 2 is 1.75 bits per heavy atom. The molecule has 3 aromatic carbocycles. The van der Waals surface area contributed by atoms with Gasteiger partial charge in [-0.3, -0.25) is 0 Å². The number of aryl methyl sites for hydroxylation is 1. The molecule has 1 aliphatic carbocycles. The van der Waals surface area contributed by atoms with Crippen LogP contribution in [0.1, 0.15) is 59.8 Å². The van der Waals surface area contributed by atoms with Crippen LogP contribution in [0.3, 0.4) is 0 Å². The number of carboxylic acids is 1. The minimum Gasteiger partial charge on any atom is -0.478 e. The van der Waals surface area contributed by atoms with Crippen molar-refractivity contribution in [1.29, 1.82) is 0 Å². The van der Waals surface area contributed by atoms with Crippen molar-refractivity contribution in [3.63, 3.8) is 0 Å². The first-order valence-corrected chi connectivity index (χ1v) is 11.4. The van der Waals surface area contributed by atoms with E-state index in [0.29, 0.717) is 11.6 Å². The average molecular weight is 429 g/mol. The largest absolute Gasteiger partial charge is 0.478 e. The summed E-state index contributed by atoms with van der Waals surface area (Å²) in [7, 11) is 0. The van der Waals surface area contributed by atoms with Gasteiger partial charge in [-0.25, -0.2) is 4.79 Å². The van der Waals surface area contributed by atoms with Gasteiger partial charge in [-0.1, -0.05) is 49.6 Å². The molecule has 0 spiro atoms. The summed E-state index contributed by atoms with van der Waals surface area (Å²) in [6.07, 6.45) is 6.06. The van der Waals surface area contributed by atoms with E-state index in [1.54, 1.807) is 12.1 Å². The molecule has 0 bridgehead atoms. The smallest absolute Gasteiger partial charge is 0.335 e. The summed E-state index contributed by atoms with van der Waals surface area (Å²) in [5, 5.41) is 13.0. The lowest BCUT2D eigenvalue weighted by Gasteiger charge is -2.37. The summed E-state index contributed by atoms with van der Waals surface area (Å²) in [5.41, 5.74) is 4.53. The second-order valence-electron chi connectivity index (χ2n) is 8.72. The molecule has 0 radical (unpaired) electrons. The highest BCUT2D eigenvalue weighted by Gasteiger charge is 2.35. The molecule has 5 nitrogen and oxygen atoms in total. The molecule has 2 N–H and O–H groups in total. The Hall–Kier alpha value is -3.47. The van der Waals surface area contributed by atoms with E-state index < -0.39 is 5.97 Å². The van der Waals surface area contributed by atoms with Crippen molar-refractivity contribution < 1.29 is 14.6 Å². The Bertz CT molecular complexity index is 1120.